The number of nitrogens with one attached hydrogen (secondary N) is 1. The zero-order valence-electron chi connectivity index (χ0n) is 13.0. The minimum absolute atomic E-state index is 0.210. The molecule has 0 heterocycles. The Morgan fingerprint density at radius 3 is 2.23 bits per heavy atom. The third-order valence-electron chi connectivity index (χ3n) is 3.56. The molecule has 0 bridgehead atoms. The molecule has 22 heavy (non-hydrogen) atoms. The zero-order valence-corrected chi connectivity index (χ0v) is 14.6. The molecule has 2 aromatic carbocycles. The number of rotatable bonds is 4. The van der Waals surface area contributed by atoms with Gasteiger partial charge >= 0.3 is 0 Å². The molecule has 2 rings (SSSR count). The Morgan fingerprint density at radius 1 is 1.09 bits per heavy atom. The summed E-state index contributed by atoms with van der Waals surface area (Å²) in [6.45, 7) is 3.99. The van der Waals surface area contributed by atoms with Crippen molar-refractivity contribution in [3.05, 3.63) is 51.5 Å². The van der Waals surface area contributed by atoms with E-state index >= 15 is 0 Å². The highest BCUT2D eigenvalue weighted by atomic mass is 79.9. The van der Waals surface area contributed by atoms with Gasteiger partial charge in [0.15, 0.2) is 0 Å². The second kappa shape index (κ2) is 6.83. The van der Waals surface area contributed by atoms with E-state index in [1.165, 1.54) is 0 Å². The minimum atomic E-state index is -0.210. The monoisotopic (exact) mass is 363 g/mol. The second-order valence-corrected chi connectivity index (χ2v) is 5.69. The maximum Gasteiger partial charge on any atom is 0.255 e. The van der Waals surface area contributed by atoms with E-state index in [0.29, 0.717) is 21.5 Å². The van der Waals surface area contributed by atoms with Crippen LogP contribution in [0.4, 0.5) is 5.69 Å². The number of carbonyl (C=O) groups is 1. The number of carbonyl (C=O) groups excluding carboxylic acids is 1. The maximum atomic E-state index is 12.5. The lowest BCUT2D eigenvalue weighted by Gasteiger charge is -2.13. The first-order valence-corrected chi connectivity index (χ1v) is 7.56. The number of hydrogen-bond donors (Lipinski definition) is 1. The predicted molar refractivity (Wildman–Crippen MR) is 91.1 cm³/mol. The molecule has 4 nitrogen and oxygen atoms in total. The first kappa shape index (κ1) is 16.4. The summed E-state index contributed by atoms with van der Waals surface area (Å²) in [6.07, 6.45) is 0. The number of amides is 1. The van der Waals surface area contributed by atoms with E-state index in [0.717, 1.165) is 16.8 Å². The molecule has 2 aromatic rings. The fourth-order valence-corrected chi connectivity index (χ4v) is 2.63. The van der Waals surface area contributed by atoms with Crippen LogP contribution in [0.2, 0.25) is 0 Å². The van der Waals surface area contributed by atoms with Crippen LogP contribution in [0.1, 0.15) is 21.5 Å². The molecule has 1 N–H and O–H groups in total. The van der Waals surface area contributed by atoms with E-state index in [4.69, 9.17) is 9.47 Å². The van der Waals surface area contributed by atoms with E-state index in [9.17, 15) is 4.79 Å². The van der Waals surface area contributed by atoms with E-state index in [1.807, 2.05) is 32.0 Å². The Labute approximate surface area is 138 Å². The largest absolute Gasteiger partial charge is 0.495 e. The molecule has 1 amide bonds. The van der Waals surface area contributed by atoms with Crippen molar-refractivity contribution in [1.82, 2.24) is 0 Å². The van der Waals surface area contributed by atoms with Crippen molar-refractivity contribution < 1.29 is 14.3 Å². The van der Waals surface area contributed by atoms with Gasteiger partial charge < -0.3 is 14.8 Å². The second-order valence-electron chi connectivity index (χ2n) is 4.90. The molecule has 5 heteroatoms. The number of methoxy groups -OCH3 is 2. The third-order valence-corrected chi connectivity index (χ3v) is 4.34. The summed E-state index contributed by atoms with van der Waals surface area (Å²) in [5, 5.41) is 2.92. The van der Waals surface area contributed by atoms with Crippen LogP contribution in [0, 0.1) is 13.8 Å². The molecule has 116 valence electrons. The molecule has 0 aliphatic rings. The molecule has 0 aliphatic heterocycles. The molecule has 0 saturated heterocycles. The number of hydrogen-bond acceptors (Lipinski definition) is 3. The normalized spacial score (nSPS) is 10.2. The number of ether oxygens (including phenoxy) is 2. The molecule has 0 saturated carbocycles. The number of aryl methyl sites for hydroxylation is 1. The van der Waals surface area contributed by atoms with Crippen molar-refractivity contribution in [3.63, 3.8) is 0 Å². The first-order valence-electron chi connectivity index (χ1n) is 6.77. The van der Waals surface area contributed by atoms with Crippen LogP contribution in [0.3, 0.4) is 0 Å². The van der Waals surface area contributed by atoms with E-state index in [1.54, 1.807) is 26.4 Å². The van der Waals surface area contributed by atoms with E-state index < -0.39 is 0 Å². The maximum absolute atomic E-state index is 12.5. The highest BCUT2D eigenvalue weighted by Crippen LogP contribution is 2.35. The standard InChI is InChI=1S/C17H18BrNO3/c1-10-6-5-7-13(11(10)2)19-17(20)12-8-14(21-3)16(18)15(9-12)22-4/h5-9H,1-4H3,(H,19,20). The minimum Gasteiger partial charge on any atom is -0.495 e. The SMILES string of the molecule is COc1cc(C(=O)Nc2cccc(C)c2C)cc(OC)c1Br. The predicted octanol–water partition coefficient (Wildman–Crippen LogP) is 4.34. The van der Waals surface area contributed by atoms with Gasteiger partial charge in [-0.25, -0.2) is 0 Å². The summed E-state index contributed by atoms with van der Waals surface area (Å²) < 4.78 is 11.2. The lowest BCUT2D eigenvalue weighted by Crippen LogP contribution is -2.13. The smallest absolute Gasteiger partial charge is 0.255 e. The molecular formula is C17H18BrNO3. The van der Waals surface area contributed by atoms with Gasteiger partial charge in [0, 0.05) is 11.3 Å². The van der Waals surface area contributed by atoms with Crippen LogP contribution in [0.25, 0.3) is 0 Å². The summed E-state index contributed by atoms with van der Waals surface area (Å²) in [5.74, 6) is 0.883. The lowest BCUT2D eigenvalue weighted by molar-refractivity contribution is 0.102. The molecule has 0 atom stereocenters. The van der Waals surface area contributed by atoms with Crippen LogP contribution >= 0.6 is 15.9 Å². The summed E-state index contributed by atoms with van der Waals surface area (Å²) in [4.78, 5) is 12.5. The highest BCUT2D eigenvalue weighted by Gasteiger charge is 2.15. The van der Waals surface area contributed by atoms with Crippen LogP contribution in [0.15, 0.2) is 34.8 Å². The molecule has 0 radical (unpaired) electrons. The number of benzene rings is 2. The lowest BCUT2D eigenvalue weighted by atomic mass is 10.1. The van der Waals surface area contributed by atoms with Crippen molar-refractivity contribution in [2.24, 2.45) is 0 Å². The van der Waals surface area contributed by atoms with Gasteiger partial charge in [0.25, 0.3) is 5.91 Å². The van der Waals surface area contributed by atoms with Crippen LogP contribution in [-0.4, -0.2) is 20.1 Å². The van der Waals surface area contributed by atoms with Gasteiger partial charge in [0.05, 0.1) is 14.2 Å². The van der Waals surface area contributed by atoms with Gasteiger partial charge in [-0.1, -0.05) is 12.1 Å². The van der Waals surface area contributed by atoms with Gasteiger partial charge in [0.1, 0.15) is 16.0 Å². The molecule has 0 unspecified atom stereocenters. The average molecular weight is 364 g/mol. The first-order chi connectivity index (χ1) is 10.5. The van der Waals surface area contributed by atoms with Gasteiger partial charge in [-0.3, -0.25) is 4.79 Å². The van der Waals surface area contributed by atoms with Gasteiger partial charge in [0.2, 0.25) is 0 Å². The molecule has 0 aliphatic carbocycles. The van der Waals surface area contributed by atoms with Crippen molar-refractivity contribution in [2.45, 2.75) is 13.8 Å². The van der Waals surface area contributed by atoms with Crippen molar-refractivity contribution in [1.29, 1.82) is 0 Å². The average Bonchev–Trinajstić information content (AvgIpc) is 2.52. The zero-order chi connectivity index (χ0) is 16.3. The van der Waals surface area contributed by atoms with Gasteiger partial charge in [-0.15, -0.1) is 0 Å². The topological polar surface area (TPSA) is 47.6 Å². The van der Waals surface area contributed by atoms with Crippen molar-refractivity contribution >= 4 is 27.5 Å². The Kier molecular flexibility index (Phi) is 5.08. The number of anilines is 1. The van der Waals surface area contributed by atoms with Gasteiger partial charge in [-0.05, 0) is 59.1 Å². The summed E-state index contributed by atoms with van der Waals surface area (Å²) in [6, 6.07) is 9.16. The molecule has 0 spiro atoms. The van der Waals surface area contributed by atoms with Crippen molar-refractivity contribution in [2.75, 3.05) is 19.5 Å². The Hall–Kier alpha value is -2.01. The summed E-state index contributed by atoms with van der Waals surface area (Å²) in [7, 11) is 3.10. The Morgan fingerprint density at radius 2 is 1.68 bits per heavy atom. The molecular weight excluding hydrogens is 346 g/mol. The fraction of sp³-hybridized carbons (Fsp3) is 0.235. The highest BCUT2D eigenvalue weighted by molar-refractivity contribution is 9.10. The fourth-order valence-electron chi connectivity index (χ4n) is 2.08. The van der Waals surface area contributed by atoms with Crippen molar-refractivity contribution in [3.8, 4) is 11.5 Å². The van der Waals surface area contributed by atoms with Crippen LogP contribution < -0.4 is 14.8 Å². The summed E-state index contributed by atoms with van der Waals surface area (Å²) in [5.41, 5.74) is 3.44. The number of halogens is 1. The molecule has 0 fully saturated rings. The van der Waals surface area contributed by atoms with E-state index in [-0.39, 0.29) is 5.91 Å². The Balaban J connectivity index is 2.35. The third kappa shape index (κ3) is 3.25. The summed E-state index contributed by atoms with van der Waals surface area (Å²) >= 11 is 3.39. The van der Waals surface area contributed by atoms with Crippen LogP contribution in [-0.2, 0) is 0 Å². The quantitative estimate of drug-likeness (QED) is 0.878. The van der Waals surface area contributed by atoms with Crippen LogP contribution in [0.5, 0.6) is 11.5 Å². The Bertz CT molecular complexity index is 688. The van der Waals surface area contributed by atoms with E-state index in [2.05, 4.69) is 21.2 Å². The van der Waals surface area contributed by atoms with Gasteiger partial charge in [-0.2, -0.15) is 0 Å². The molecule has 0 aromatic heterocycles.